The Kier molecular flexibility index (Phi) is 7.31. The Morgan fingerprint density at radius 1 is 0.722 bits per heavy atom. The van der Waals surface area contributed by atoms with E-state index in [0.717, 1.165) is 16.7 Å². The van der Waals surface area contributed by atoms with Gasteiger partial charge in [0.15, 0.2) is 0 Å². The topological polar surface area (TPSA) is 79.7 Å². The lowest BCUT2D eigenvalue weighted by Crippen LogP contribution is -2.51. The van der Waals surface area contributed by atoms with E-state index in [-0.39, 0.29) is 6.42 Å². The first kappa shape index (κ1) is 24.9. The summed E-state index contributed by atoms with van der Waals surface area (Å²) >= 11 is 0. The fourth-order valence-corrected chi connectivity index (χ4v) is 4.67. The summed E-state index contributed by atoms with van der Waals surface area (Å²) in [6, 6.07) is 30.3. The van der Waals surface area contributed by atoms with Crippen LogP contribution in [0.4, 0.5) is 0 Å². The van der Waals surface area contributed by atoms with Crippen LogP contribution in [0.25, 0.3) is 0 Å². The van der Waals surface area contributed by atoms with Crippen molar-refractivity contribution in [2.75, 3.05) is 21.3 Å². The molecule has 0 aliphatic heterocycles. The number of carbonyl (C=O) groups excluding carboxylic acids is 2. The van der Waals surface area contributed by atoms with Gasteiger partial charge in [-0.25, -0.2) is 14.6 Å². The lowest BCUT2D eigenvalue weighted by atomic mass is 9.76. The molecule has 0 atom stereocenters. The Balaban J connectivity index is 1.94. The van der Waals surface area contributed by atoms with E-state index >= 15 is 0 Å². The first-order valence-electron chi connectivity index (χ1n) is 11.4. The molecule has 1 heterocycles. The molecule has 0 N–H and O–H groups in total. The van der Waals surface area contributed by atoms with Crippen LogP contribution in [0.1, 0.15) is 22.4 Å². The summed E-state index contributed by atoms with van der Waals surface area (Å²) in [6.45, 7) is 0. The number of carbonyl (C=O) groups is 2. The molecule has 0 spiro atoms. The standard InChI is InChI=1S/C29H28N2O5/c1-34-26(32)28(36-3,27(33)35-2)19-25-20-31(21-30-25)29(22-13-7-4-8-14-22,23-15-9-5-10-16-23)24-17-11-6-12-18-24/h4-18,20-21H,19H2,1-3H3. The molecule has 0 aliphatic rings. The largest absolute Gasteiger partial charge is 0.466 e. The number of benzene rings is 3. The van der Waals surface area contributed by atoms with Gasteiger partial charge in [-0.1, -0.05) is 91.0 Å². The van der Waals surface area contributed by atoms with Crippen molar-refractivity contribution in [3.63, 3.8) is 0 Å². The minimum absolute atomic E-state index is 0.162. The maximum Gasteiger partial charge on any atom is 0.350 e. The van der Waals surface area contributed by atoms with Gasteiger partial charge < -0.3 is 18.8 Å². The number of nitrogens with zero attached hydrogens (tertiary/aromatic N) is 2. The molecule has 0 radical (unpaired) electrons. The molecule has 0 saturated carbocycles. The van der Waals surface area contributed by atoms with E-state index < -0.39 is 23.1 Å². The zero-order valence-corrected chi connectivity index (χ0v) is 20.5. The molecule has 0 unspecified atom stereocenters. The number of esters is 2. The van der Waals surface area contributed by atoms with E-state index in [4.69, 9.17) is 14.2 Å². The van der Waals surface area contributed by atoms with Gasteiger partial charge in [-0.2, -0.15) is 0 Å². The molecule has 7 heteroatoms. The van der Waals surface area contributed by atoms with Crippen molar-refractivity contribution in [1.82, 2.24) is 9.55 Å². The third-order valence-corrected chi connectivity index (χ3v) is 6.41. The van der Waals surface area contributed by atoms with Crippen LogP contribution in [0, 0.1) is 0 Å². The Hall–Kier alpha value is -4.23. The lowest BCUT2D eigenvalue weighted by molar-refractivity contribution is -0.184. The van der Waals surface area contributed by atoms with Crippen LogP contribution in [0.15, 0.2) is 104 Å². The van der Waals surface area contributed by atoms with Crippen LogP contribution in [0.2, 0.25) is 0 Å². The highest BCUT2D eigenvalue weighted by Gasteiger charge is 2.50. The first-order valence-corrected chi connectivity index (χ1v) is 11.4. The molecule has 36 heavy (non-hydrogen) atoms. The predicted octanol–water partition coefficient (Wildman–Crippen LogP) is 4.00. The van der Waals surface area contributed by atoms with Gasteiger partial charge >= 0.3 is 11.9 Å². The van der Waals surface area contributed by atoms with E-state index in [1.165, 1.54) is 21.3 Å². The summed E-state index contributed by atoms with van der Waals surface area (Å²) in [5, 5.41) is 0. The Bertz CT molecular complexity index is 1190. The molecule has 0 fully saturated rings. The van der Waals surface area contributed by atoms with Gasteiger partial charge in [0.2, 0.25) is 0 Å². The SMILES string of the molecule is COC(=O)C(Cc1cn(C(c2ccccc2)(c2ccccc2)c2ccccc2)cn1)(OC)C(=O)OC. The van der Waals surface area contributed by atoms with Gasteiger partial charge in [0.25, 0.3) is 5.60 Å². The number of methoxy groups -OCH3 is 3. The summed E-state index contributed by atoms with van der Waals surface area (Å²) < 4.78 is 17.2. The Labute approximate surface area is 210 Å². The fourth-order valence-electron chi connectivity index (χ4n) is 4.67. The van der Waals surface area contributed by atoms with E-state index in [0.29, 0.717) is 5.69 Å². The van der Waals surface area contributed by atoms with Crippen LogP contribution in [-0.2, 0) is 35.8 Å². The fraction of sp³-hybridized carbons (Fsp3) is 0.207. The van der Waals surface area contributed by atoms with E-state index in [2.05, 4.69) is 41.4 Å². The zero-order chi connectivity index (χ0) is 25.6. The normalized spacial score (nSPS) is 11.6. The van der Waals surface area contributed by atoms with Crippen LogP contribution >= 0.6 is 0 Å². The molecule has 0 saturated heterocycles. The van der Waals surface area contributed by atoms with Crippen molar-refractivity contribution >= 4 is 11.9 Å². The van der Waals surface area contributed by atoms with Crippen molar-refractivity contribution in [3.8, 4) is 0 Å². The number of ether oxygens (including phenoxy) is 3. The molecular formula is C29H28N2O5. The molecule has 0 bridgehead atoms. The molecule has 0 aliphatic carbocycles. The van der Waals surface area contributed by atoms with Crippen LogP contribution in [0.5, 0.6) is 0 Å². The molecule has 7 nitrogen and oxygen atoms in total. The van der Waals surface area contributed by atoms with Crippen LogP contribution < -0.4 is 0 Å². The van der Waals surface area contributed by atoms with Gasteiger partial charge in [-0.3, -0.25) is 0 Å². The predicted molar refractivity (Wildman–Crippen MR) is 134 cm³/mol. The number of imidazole rings is 1. The summed E-state index contributed by atoms with van der Waals surface area (Å²) in [5.41, 5.74) is 0.763. The van der Waals surface area contributed by atoms with Gasteiger partial charge in [-0.05, 0) is 16.7 Å². The number of aromatic nitrogens is 2. The summed E-state index contributed by atoms with van der Waals surface area (Å²) in [7, 11) is 3.67. The molecule has 1 aromatic heterocycles. The highest BCUT2D eigenvalue weighted by atomic mass is 16.6. The number of hydrogen-bond acceptors (Lipinski definition) is 6. The highest BCUT2D eigenvalue weighted by Crippen LogP contribution is 2.41. The van der Waals surface area contributed by atoms with Crippen molar-refractivity contribution in [1.29, 1.82) is 0 Å². The maximum absolute atomic E-state index is 12.7. The highest BCUT2D eigenvalue weighted by molar-refractivity contribution is 6.03. The first-order chi connectivity index (χ1) is 17.5. The number of rotatable bonds is 9. The second-order valence-electron chi connectivity index (χ2n) is 8.27. The Morgan fingerprint density at radius 3 is 1.50 bits per heavy atom. The molecular weight excluding hydrogens is 456 g/mol. The summed E-state index contributed by atoms with van der Waals surface area (Å²) in [5.74, 6) is -1.71. The molecule has 184 valence electrons. The summed E-state index contributed by atoms with van der Waals surface area (Å²) in [6.07, 6.45) is 3.37. The molecule has 0 amide bonds. The minimum Gasteiger partial charge on any atom is -0.466 e. The van der Waals surface area contributed by atoms with Crippen LogP contribution in [0.3, 0.4) is 0 Å². The quantitative estimate of drug-likeness (QED) is 0.203. The van der Waals surface area contributed by atoms with E-state index in [9.17, 15) is 9.59 Å². The van der Waals surface area contributed by atoms with E-state index in [1.807, 2.05) is 65.4 Å². The monoisotopic (exact) mass is 484 g/mol. The van der Waals surface area contributed by atoms with Gasteiger partial charge in [0, 0.05) is 19.7 Å². The van der Waals surface area contributed by atoms with Crippen molar-refractivity contribution in [3.05, 3.63) is 126 Å². The molecule has 4 aromatic rings. The van der Waals surface area contributed by atoms with E-state index in [1.54, 1.807) is 6.33 Å². The smallest absolute Gasteiger partial charge is 0.350 e. The average molecular weight is 485 g/mol. The minimum atomic E-state index is -1.97. The molecule has 3 aromatic carbocycles. The van der Waals surface area contributed by atoms with Crippen molar-refractivity contribution in [2.45, 2.75) is 17.6 Å². The number of hydrogen-bond donors (Lipinski definition) is 0. The second kappa shape index (κ2) is 10.6. The lowest BCUT2D eigenvalue weighted by Gasteiger charge is -2.37. The third kappa shape index (κ3) is 4.18. The van der Waals surface area contributed by atoms with Gasteiger partial charge in [0.05, 0.1) is 26.2 Å². The van der Waals surface area contributed by atoms with Gasteiger partial charge in [-0.15, -0.1) is 0 Å². The van der Waals surface area contributed by atoms with Gasteiger partial charge in [0.1, 0.15) is 5.54 Å². The van der Waals surface area contributed by atoms with Crippen molar-refractivity contribution in [2.24, 2.45) is 0 Å². The van der Waals surface area contributed by atoms with Crippen molar-refractivity contribution < 1.29 is 23.8 Å². The second-order valence-corrected chi connectivity index (χ2v) is 8.27. The Morgan fingerprint density at radius 2 is 1.14 bits per heavy atom. The van der Waals surface area contributed by atoms with Crippen LogP contribution in [-0.4, -0.2) is 48.4 Å². The molecule has 4 rings (SSSR count). The zero-order valence-electron chi connectivity index (χ0n) is 20.5. The summed E-state index contributed by atoms with van der Waals surface area (Å²) in [4.78, 5) is 29.9. The maximum atomic E-state index is 12.7. The third-order valence-electron chi connectivity index (χ3n) is 6.41. The average Bonchev–Trinajstić information content (AvgIpc) is 3.41.